The summed E-state index contributed by atoms with van der Waals surface area (Å²) in [6.07, 6.45) is 1.16. The van der Waals surface area contributed by atoms with E-state index in [0.717, 1.165) is 5.56 Å². The zero-order valence-corrected chi connectivity index (χ0v) is 21.8. The Labute approximate surface area is 226 Å². The van der Waals surface area contributed by atoms with E-state index in [1.807, 2.05) is 30.3 Å². The van der Waals surface area contributed by atoms with Gasteiger partial charge in [0.2, 0.25) is 0 Å². The van der Waals surface area contributed by atoms with E-state index >= 15 is 0 Å². The van der Waals surface area contributed by atoms with Gasteiger partial charge in [-0.3, -0.25) is 0 Å². The van der Waals surface area contributed by atoms with Gasteiger partial charge >= 0.3 is 6.09 Å². The van der Waals surface area contributed by atoms with Crippen LogP contribution in [0.3, 0.4) is 0 Å². The summed E-state index contributed by atoms with van der Waals surface area (Å²) in [7, 11) is 4.40. The van der Waals surface area contributed by atoms with Crippen molar-refractivity contribution in [2.24, 2.45) is 17.1 Å². The van der Waals surface area contributed by atoms with Gasteiger partial charge in [0.15, 0.2) is 16.9 Å². The van der Waals surface area contributed by atoms with E-state index in [9.17, 15) is 20.6 Å². The SMILES string of the molecule is COc1cc(OC)c([C@@H]2[C@H]3CN(C(=O)OCc4ccccc4)CC=C3C(C#N)=C(N)C2(C#N)C#N)cc1OC. The molecule has 2 N–H and O–H groups in total. The average molecular weight is 526 g/mol. The van der Waals surface area contributed by atoms with Crippen molar-refractivity contribution in [2.45, 2.75) is 12.5 Å². The number of carbonyl (C=O) groups excluding carboxylic acids is 1. The minimum absolute atomic E-state index is 0.0658. The summed E-state index contributed by atoms with van der Waals surface area (Å²) in [5.74, 6) is -0.497. The van der Waals surface area contributed by atoms with Crippen molar-refractivity contribution in [1.82, 2.24) is 4.90 Å². The fraction of sp³-hybridized carbons (Fsp3) is 0.310. The summed E-state index contributed by atoms with van der Waals surface area (Å²) < 4.78 is 22.1. The highest BCUT2D eigenvalue weighted by Gasteiger charge is 2.55. The second kappa shape index (κ2) is 11.1. The number of hydrogen-bond acceptors (Lipinski definition) is 9. The second-order valence-corrected chi connectivity index (χ2v) is 9.07. The largest absolute Gasteiger partial charge is 0.496 e. The fourth-order valence-electron chi connectivity index (χ4n) is 5.28. The molecule has 10 heteroatoms. The van der Waals surface area contributed by atoms with Crippen LogP contribution in [0, 0.1) is 45.3 Å². The molecule has 2 atom stereocenters. The summed E-state index contributed by atoms with van der Waals surface area (Å²) in [6.45, 7) is 0.325. The van der Waals surface area contributed by atoms with Crippen LogP contribution in [0.4, 0.5) is 4.79 Å². The summed E-state index contributed by atoms with van der Waals surface area (Å²) >= 11 is 0. The van der Waals surface area contributed by atoms with Gasteiger partial charge in [0.1, 0.15) is 18.4 Å². The summed E-state index contributed by atoms with van der Waals surface area (Å²) in [6, 6.07) is 18.8. The van der Waals surface area contributed by atoms with Gasteiger partial charge in [0.25, 0.3) is 0 Å². The number of hydrogen-bond donors (Lipinski definition) is 1. The number of methoxy groups -OCH3 is 3. The van der Waals surface area contributed by atoms with Crippen molar-refractivity contribution in [3.8, 4) is 35.5 Å². The molecule has 198 valence electrons. The zero-order valence-electron chi connectivity index (χ0n) is 21.8. The van der Waals surface area contributed by atoms with Crippen LogP contribution in [-0.2, 0) is 11.3 Å². The first kappa shape index (κ1) is 26.9. The van der Waals surface area contributed by atoms with Crippen molar-refractivity contribution in [3.63, 3.8) is 0 Å². The first-order valence-electron chi connectivity index (χ1n) is 12.1. The molecule has 0 aromatic heterocycles. The molecule has 0 spiro atoms. The van der Waals surface area contributed by atoms with Crippen LogP contribution in [0.15, 0.2) is 65.4 Å². The van der Waals surface area contributed by atoms with Crippen molar-refractivity contribution < 1.29 is 23.7 Å². The van der Waals surface area contributed by atoms with Crippen LogP contribution in [0.25, 0.3) is 0 Å². The van der Waals surface area contributed by atoms with Crippen LogP contribution in [-0.4, -0.2) is 45.4 Å². The van der Waals surface area contributed by atoms with Crippen LogP contribution < -0.4 is 19.9 Å². The maximum absolute atomic E-state index is 13.1. The molecule has 2 aromatic rings. The Morgan fingerprint density at radius 2 is 1.67 bits per heavy atom. The van der Waals surface area contributed by atoms with Gasteiger partial charge in [-0.25, -0.2) is 4.79 Å². The van der Waals surface area contributed by atoms with Crippen molar-refractivity contribution in [2.75, 3.05) is 34.4 Å². The maximum atomic E-state index is 13.1. The Balaban J connectivity index is 1.83. The molecule has 0 saturated carbocycles. The lowest BCUT2D eigenvalue weighted by atomic mass is 9.58. The highest BCUT2D eigenvalue weighted by atomic mass is 16.6. The Morgan fingerprint density at radius 3 is 2.26 bits per heavy atom. The molecule has 10 nitrogen and oxygen atoms in total. The zero-order chi connectivity index (χ0) is 28.2. The van der Waals surface area contributed by atoms with Crippen LogP contribution in [0.2, 0.25) is 0 Å². The monoisotopic (exact) mass is 525 g/mol. The molecule has 0 bridgehead atoms. The van der Waals surface area contributed by atoms with Crippen molar-refractivity contribution in [3.05, 3.63) is 76.5 Å². The van der Waals surface area contributed by atoms with Gasteiger partial charge in [-0.05, 0) is 17.2 Å². The van der Waals surface area contributed by atoms with Gasteiger partial charge in [0, 0.05) is 36.6 Å². The third-order valence-corrected chi connectivity index (χ3v) is 7.20. The van der Waals surface area contributed by atoms with E-state index in [1.165, 1.54) is 26.2 Å². The van der Waals surface area contributed by atoms with E-state index < -0.39 is 23.3 Å². The normalized spacial score (nSPS) is 19.4. The van der Waals surface area contributed by atoms with Gasteiger partial charge < -0.3 is 29.6 Å². The summed E-state index contributed by atoms with van der Waals surface area (Å²) in [5.41, 5.74) is 6.26. The van der Waals surface area contributed by atoms with Gasteiger partial charge in [-0.2, -0.15) is 15.8 Å². The standard InChI is InChI=1S/C29H27N5O5/c1-36-23-12-25(38-3)24(37-2)11-20(23)26-22-14-34(28(35)39-15-18-7-5-4-6-8-18)10-9-19(22)21(13-30)27(33)29(26,16-31)17-32/h4-9,11-12,22,26H,10,14-15,33H2,1-3H3/t22-,26+/m0/s1. The molecular formula is C29H27N5O5. The number of nitrogens with zero attached hydrogens (tertiary/aromatic N) is 4. The second-order valence-electron chi connectivity index (χ2n) is 9.07. The Kier molecular flexibility index (Phi) is 7.65. The number of amides is 1. The topological polar surface area (TPSA) is 155 Å². The first-order valence-corrected chi connectivity index (χ1v) is 12.1. The summed E-state index contributed by atoms with van der Waals surface area (Å²) in [4.78, 5) is 14.6. The minimum atomic E-state index is -1.93. The van der Waals surface area contributed by atoms with E-state index in [1.54, 1.807) is 18.2 Å². The quantitative estimate of drug-likeness (QED) is 0.593. The number of fused-ring (bicyclic) bond motifs is 1. The molecular weight excluding hydrogens is 498 g/mol. The molecule has 0 fully saturated rings. The summed E-state index contributed by atoms with van der Waals surface area (Å²) in [5, 5.41) is 30.8. The minimum Gasteiger partial charge on any atom is -0.496 e. The highest BCUT2D eigenvalue weighted by Crippen LogP contribution is 2.56. The number of nitrogens with two attached hydrogens (primary N) is 1. The van der Waals surface area contributed by atoms with Crippen molar-refractivity contribution >= 4 is 6.09 Å². The Hall–Kier alpha value is -5.14. The maximum Gasteiger partial charge on any atom is 0.410 e. The fourth-order valence-corrected chi connectivity index (χ4v) is 5.28. The van der Waals surface area contributed by atoms with E-state index in [2.05, 4.69) is 18.2 Å². The molecule has 4 rings (SSSR count). The van der Waals surface area contributed by atoms with Gasteiger partial charge in [0.05, 0.1) is 44.7 Å². The van der Waals surface area contributed by atoms with Crippen LogP contribution >= 0.6 is 0 Å². The number of ether oxygens (including phenoxy) is 4. The van der Waals surface area contributed by atoms with E-state index in [-0.39, 0.29) is 31.0 Å². The smallest absolute Gasteiger partial charge is 0.410 e. The lowest BCUT2D eigenvalue weighted by Gasteiger charge is -2.45. The molecule has 39 heavy (non-hydrogen) atoms. The molecule has 1 aliphatic carbocycles. The Bertz CT molecular complexity index is 1450. The molecule has 0 radical (unpaired) electrons. The van der Waals surface area contributed by atoms with Crippen molar-refractivity contribution in [1.29, 1.82) is 15.8 Å². The van der Waals surface area contributed by atoms with E-state index in [4.69, 9.17) is 24.7 Å². The first-order chi connectivity index (χ1) is 18.9. The molecule has 1 amide bonds. The van der Waals surface area contributed by atoms with Gasteiger partial charge in [-0.1, -0.05) is 36.4 Å². The van der Waals surface area contributed by atoms with Crippen LogP contribution in [0.1, 0.15) is 17.0 Å². The highest BCUT2D eigenvalue weighted by molar-refractivity contribution is 5.70. The molecule has 0 unspecified atom stereocenters. The lowest BCUT2D eigenvalue weighted by molar-refractivity contribution is 0.0897. The third-order valence-electron chi connectivity index (χ3n) is 7.20. The molecule has 2 aliphatic rings. The number of benzene rings is 2. The molecule has 2 aromatic carbocycles. The van der Waals surface area contributed by atoms with Crippen LogP contribution in [0.5, 0.6) is 17.2 Å². The number of allylic oxidation sites excluding steroid dienone is 2. The average Bonchev–Trinajstić information content (AvgIpc) is 2.99. The Morgan fingerprint density at radius 1 is 1.03 bits per heavy atom. The molecule has 1 heterocycles. The predicted molar refractivity (Wildman–Crippen MR) is 139 cm³/mol. The predicted octanol–water partition coefficient (Wildman–Crippen LogP) is 3.77. The lowest BCUT2D eigenvalue weighted by Crippen LogP contribution is -2.49. The molecule has 0 saturated heterocycles. The van der Waals surface area contributed by atoms with E-state index in [0.29, 0.717) is 28.4 Å². The number of nitriles is 3. The number of carbonyl (C=O) groups is 1. The number of rotatable bonds is 6. The van der Waals surface area contributed by atoms with Gasteiger partial charge in [-0.15, -0.1) is 0 Å². The third kappa shape index (κ3) is 4.56. The molecule has 1 aliphatic heterocycles.